The van der Waals surface area contributed by atoms with E-state index in [1.165, 1.54) is 0 Å². The summed E-state index contributed by atoms with van der Waals surface area (Å²) in [5.74, 6) is 1.47. The van der Waals surface area contributed by atoms with Crippen molar-refractivity contribution >= 4 is 34.8 Å². The van der Waals surface area contributed by atoms with Crippen LogP contribution in [0.3, 0.4) is 0 Å². The van der Waals surface area contributed by atoms with Crippen LogP contribution in [0, 0.1) is 0 Å². The van der Waals surface area contributed by atoms with Gasteiger partial charge < -0.3 is 30.7 Å². The van der Waals surface area contributed by atoms with Gasteiger partial charge in [0.05, 0.1) is 31.8 Å². The lowest BCUT2D eigenvalue weighted by molar-refractivity contribution is 0.243. The smallest absolute Gasteiger partial charge is 0.319 e. The van der Waals surface area contributed by atoms with Crippen molar-refractivity contribution in [2.75, 3.05) is 48.9 Å². The number of amides is 2. The summed E-state index contributed by atoms with van der Waals surface area (Å²) in [6.45, 7) is 1.91. The molecular formula is C25H29ClN6O3. The van der Waals surface area contributed by atoms with E-state index in [-0.39, 0.29) is 24.6 Å². The molecule has 9 nitrogen and oxygen atoms in total. The summed E-state index contributed by atoms with van der Waals surface area (Å²) >= 11 is 5.94. The molecule has 0 spiro atoms. The number of aliphatic hydroxyl groups is 1. The van der Waals surface area contributed by atoms with E-state index in [9.17, 15) is 4.79 Å². The second-order valence-electron chi connectivity index (χ2n) is 8.23. The molecule has 4 N–H and O–H groups in total. The molecule has 0 saturated carbocycles. The van der Waals surface area contributed by atoms with Crippen molar-refractivity contribution in [3.8, 4) is 5.75 Å². The van der Waals surface area contributed by atoms with E-state index in [0.29, 0.717) is 29.5 Å². The average Bonchev–Trinajstić information content (AvgIpc) is 2.89. The number of nitrogens with zero attached hydrogens (tertiary/aromatic N) is 3. The van der Waals surface area contributed by atoms with E-state index in [0.717, 1.165) is 30.2 Å². The van der Waals surface area contributed by atoms with Crippen molar-refractivity contribution in [1.29, 1.82) is 0 Å². The Morgan fingerprint density at radius 2 is 1.91 bits per heavy atom. The number of benzene rings is 1. The van der Waals surface area contributed by atoms with Gasteiger partial charge in [-0.05, 0) is 55.0 Å². The van der Waals surface area contributed by atoms with Gasteiger partial charge in [0.2, 0.25) is 0 Å². The maximum absolute atomic E-state index is 12.8. The van der Waals surface area contributed by atoms with Crippen molar-refractivity contribution in [3.05, 3.63) is 71.6 Å². The number of anilines is 3. The molecule has 0 radical (unpaired) electrons. The van der Waals surface area contributed by atoms with Crippen molar-refractivity contribution < 1.29 is 14.6 Å². The van der Waals surface area contributed by atoms with Gasteiger partial charge in [-0.3, -0.25) is 4.98 Å². The number of carbonyl (C=O) groups is 1. The maximum atomic E-state index is 12.8. The summed E-state index contributed by atoms with van der Waals surface area (Å²) in [5, 5.41) is 18.7. The molecule has 184 valence electrons. The monoisotopic (exact) mass is 496 g/mol. The van der Waals surface area contributed by atoms with Crippen LogP contribution in [-0.4, -0.2) is 60.5 Å². The fraction of sp³-hybridized carbons (Fsp3) is 0.320. The summed E-state index contributed by atoms with van der Waals surface area (Å²) in [6, 6.07) is 14.3. The number of nitrogens with one attached hydrogen (secondary N) is 3. The summed E-state index contributed by atoms with van der Waals surface area (Å²) in [6.07, 6.45) is 4.17. The van der Waals surface area contributed by atoms with Gasteiger partial charge in [0.1, 0.15) is 11.6 Å². The normalized spacial score (nSPS) is 17.5. The largest absolute Gasteiger partial charge is 0.495 e. The number of rotatable bonds is 8. The standard InChI is InChI=1S/C25H29ClN6O3/c1-35-20-7-8-22(28-15-20)21-16-32(24-9-6-19(14-29-24)27-11-13-33)12-10-23(21)31-25(34)30-18-4-2-17(26)3-5-18/h2-9,14-15,21,23,27,33H,10-13,16H2,1H3,(H2,30,31,34). The Bertz CT molecular complexity index is 1100. The van der Waals surface area contributed by atoms with E-state index < -0.39 is 0 Å². The van der Waals surface area contributed by atoms with Crippen LogP contribution in [0.1, 0.15) is 18.0 Å². The molecule has 1 fully saturated rings. The predicted octanol–water partition coefficient (Wildman–Crippen LogP) is 3.73. The molecule has 4 rings (SSSR count). The third-order valence-electron chi connectivity index (χ3n) is 5.92. The summed E-state index contributed by atoms with van der Waals surface area (Å²) in [5.41, 5.74) is 2.39. The molecule has 0 aliphatic carbocycles. The zero-order valence-electron chi connectivity index (χ0n) is 19.4. The molecule has 2 atom stereocenters. The second-order valence-corrected chi connectivity index (χ2v) is 8.67. The van der Waals surface area contributed by atoms with E-state index in [1.807, 2.05) is 24.3 Å². The Morgan fingerprint density at radius 3 is 2.57 bits per heavy atom. The number of ether oxygens (including phenoxy) is 1. The number of piperidine rings is 1. The number of hydrogen-bond acceptors (Lipinski definition) is 7. The fourth-order valence-corrected chi connectivity index (χ4v) is 4.24. The van der Waals surface area contributed by atoms with Gasteiger partial charge in [0.15, 0.2) is 0 Å². The minimum atomic E-state index is -0.276. The Kier molecular flexibility index (Phi) is 8.23. The number of aromatic nitrogens is 2. The van der Waals surface area contributed by atoms with Gasteiger partial charge in [-0.15, -0.1) is 0 Å². The number of methoxy groups -OCH3 is 1. The SMILES string of the molecule is COc1ccc(C2CN(c3ccc(NCCO)cn3)CCC2NC(=O)Nc2ccc(Cl)cc2)nc1. The van der Waals surface area contributed by atoms with Gasteiger partial charge in [-0.1, -0.05) is 11.6 Å². The number of halogens is 1. The molecule has 2 unspecified atom stereocenters. The van der Waals surface area contributed by atoms with E-state index >= 15 is 0 Å². The minimum absolute atomic E-state index is 0.0559. The Labute approximate surface area is 209 Å². The summed E-state index contributed by atoms with van der Waals surface area (Å²) in [4.78, 5) is 24.2. The third-order valence-corrected chi connectivity index (χ3v) is 6.17. The van der Waals surface area contributed by atoms with Gasteiger partial charge in [0, 0.05) is 48.0 Å². The molecule has 1 saturated heterocycles. The molecule has 2 amide bonds. The van der Waals surface area contributed by atoms with Crippen molar-refractivity contribution in [3.63, 3.8) is 0 Å². The van der Waals surface area contributed by atoms with Crippen LogP contribution in [0.5, 0.6) is 5.75 Å². The molecule has 0 bridgehead atoms. The molecule has 1 aliphatic heterocycles. The first-order valence-corrected chi connectivity index (χ1v) is 11.8. The lowest BCUT2D eigenvalue weighted by Gasteiger charge is -2.39. The van der Waals surface area contributed by atoms with Gasteiger partial charge in [-0.2, -0.15) is 0 Å². The van der Waals surface area contributed by atoms with Gasteiger partial charge in [-0.25, -0.2) is 9.78 Å². The van der Waals surface area contributed by atoms with Crippen LogP contribution in [0.25, 0.3) is 0 Å². The van der Waals surface area contributed by atoms with Crippen molar-refractivity contribution in [2.24, 2.45) is 0 Å². The van der Waals surface area contributed by atoms with Gasteiger partial charge >= 0.3 is 6.03 Å². The Balaban J connectivity index is 1.49. The fourth-order valence-electron chi connectivity index (χ4n) is 4.11. The highest BCUT2D eigenvalue weighted by Gasteiger charge is 2.33. The minimum Gasteiger partial charge on any atom is -0.495 e. The first kappa shape index (κ1) is 24.6. The van der Waals surface area contributed by atoms with Gasteiger partial charge in [0.25, 0.3) is 0 Å². The first-order valence-electron chi connectivity index (χ1n) is 11.4. The predicted molar refractivity (Wildman–Crippen MR) is 138 cm³/mol. The summed E-state index contributed by atoms with van der Waals surface area (Å²) < 4.78 is 5.26. The maximum Gasteiger partial charge on any atom is 0.319 e. The highest BCUT2D eigenvalue weighted by atomic mass is 35.5. The van der Waals surface area contributed by atoms with Crippen LogP contribution in [0.2, 0.25) is 5.02 Å². The highest BCUT2D eigenvalue weighted by molar-refractivity contribution is 6.30. The van der Waals surface area contributed by atoms with Crippen LogP contribution in [-0.2, 0) is 0 Å². The topological polar surface area (TPSA) is 112 Å². The molecule has 3 aromatic rings. The van der Waals surface area contributed by atoms with Crippen LogP contribution in [0.15, 0.2) is 60.9 Å². The first-order chi connectivity index (χ1) is 17.1. The van der Waals surface area contributed by atoms with E-state index in [1.54, 1.807) is 43.8 Å². The molecule has 10 heteroatoms. The lowest BCUT2D eigenvalue weighted by Crippen LogP contribution is -2.51. The number of hydrogen-bond donors (Lipinski definition) is 4. The quantitative estimate of drug-likeness (QED) is 0.376. The van der Waals surface area contributed by atoms with Crippen molar-refractivity contribution in [1.82, 2.24) is 15.3 Å². The van der Waals surface area contributed by atoms with E-state index in [4.69, 9.17) is 21.4 Å². The second kappa shape index (κ2) is 11.7. The number of carbonyl (C=O) groups excluding carboxylic acids is 1. The molecule has 1 aromatic carbocycles. The molecule has 35 heavy (non-hydrogen) atoms. The number of urea groups is 1. The Morgan fingerprint density at radius 1 is 1.11 bits per heavy atom. The van der Waals surface area contributed by atoms with Crippen LogP contribution >= 0.6 is 11.6 Å². The number of pyridine rings is 2. The zero-order chi connectivity index (χ0) is 24.6. The Hall–Kier alpha value is -3.56. The molecule has 1 aliphatic rings. The molecule has 2 aromatic heterocycles. The lowest BCUT2D eigenvalue weighted by atomic mass is 9.88. The van der Waals surface area contributed by atoms with Crippen LogP contribution in [0.4, 0.5) is 22.0 Å². The zero-order valence-corrected chi connectivity index (χ0v) is 20.2. The number of aliphatic hydroxyl groups excluding tert-OH is 1. The summed E-state index contributed by atoms with van der Waals surface area (Å²) in [7, 11) is 1.61. The van der Waals surface area contributed by atoms with E-state index in [2.05, 4.69) is 30.8 Å². The highest BCUT2D eigenvalue weighted by Crippen LogP contribution is 2.30. The van der Waals surface area contributed by atoms with Crippen LogP contribution < -0.4 is 25.6 Å². The van der Waals surface area contributed by atoms with Crippen molar-refractivity contribution in [2.45, 2.75) is 18.4 Å². The molecular weight excluding hydrogens is 468 g/mol. The average molecular weight is 497 g/mol. The third kappa shape index (κ3) is 6.52. The molecule has 3 heterocycles.